The topological polar surface area (TPSA) is 79.6 Å². The van der Waals surface area contributed by atoms with E-state index in [-0.39, 0.29) is 0 Å². The zero-order chi connectivity index (χ0) is 16.2. The molecule has 1 N–H and O–H groups in total. The second-order valence-electron chi connectivity index (χ2n) is 6.55. The van der Waals surface area contributed by atoms with E-state index in [9.17, 15) is 8.42 Å². The predicted molar refractivity (Wildman–Crippen MR) is 89.5 cm³/mol. The molecule has 2 aromatic heterocycles. The van der Waals surface area contributed by atoms with Crippen molar-refractivity contribution in [3.05, 3.63) is 17.5 Å². The highest BCUT2D eigenvalue weighted by molar-refractivity contribution is 7.92. The summed E-state index contributed by atoms with van der Waals surface area (Å²) in [6.45, 7) is 2.99. The van der Waals surface area contributed by atoms with E-state index in [1.807, 2.05) is 6.92 Å². The maximum atomic E-state index is 11.5. The Morgan fingerprint density at radius 3 is 2.74 bits per heavy atom. The van der Waals surface area contributed by atoms with Crippen molar-refractivity contribution in [1.29, 1.82) is 0 Å². The molecule has 3 heterocycles. The zero-order valence-corrected chi connectivity index (χ0v) is 14.2. The Balaban J connectivity index is 1.86. The first-order valence-electron chi connectivity index (χ1n) is 8.06. The lowest BCUT2D eigenvalue weighted by molar-refractivity contribution is 0.607. The minimum atomic E-state index is -3.35. The molecule has 8 heteroatoms. The van der Waals surface area contributed by atoms with Crippen molar-refractivity contribution < 1.29 is 8.42 Å². The van der Waals surface area contributed by atoms with E-state index in [1.165, 1.54) is 31.2 Å². The average molecular weight is 335 g/mol. The molecule has 2 aliphatic rings. The molecule has 0 bridgehead atoms. The van der Waals surface area contributed by atoms with E-state index >= 15 is 0 Å². The van der Waals surface area contributed by atoms with Crippen LogP contribution in [0.5, 0.6) is 0 Å². The summed E-state index contributed by atoms with van der Waals surface area (Å²) in [5, 5.41) is 4.42. The van der Waals surface area contributed by atoms with Crippen LogP contribution in [0, 0.1) is 6.92 Å². The van der Waals surface area contributed by atoms with Gasteiger partial charge in [0.05, 0.1) is 12.5 Å². The SMILES string of the molecule is Cc1nc2c(NS(C)(=O)=O)cnn2c2c1CCN2C1CCCC1. The van der Waals surface area contributed by atoms with Gasteiger partial charge in [-0.15, -0.1) is 0 Å². The molecular formula is C15H21N5O2S. The maximum absolute atomic E-state index is 11.5. The zero-order valence-electron chi connectivity index (χ0n) is 13.4. The van der Waals surface area contributed by atoms with E-state index in [0.29, 0.717) is 17.4 Å². The second kappa shape index (κ2) is 5.09. The number of rotatable bonds is 3. The monoisotopic (exact) mass is 335 g/mol. The van der Waals surface area contributed by atoms with Gasteiger partial charge in [0.2, 0.25) is 10.0 Å². The van der Waals surface area contributed by atoms with E-state index < -0.39 is 10.0 Å². The van der Waals surface area contributed by atoms with E-state index in [4.69, 9.17) is 0 Å². The molecule has 1 fully saturated rings. The lowest BCUT2D eigenvalue weighted by Gasteiger charge is -2.27. The number of hydrogen-bond acceptors (Lipinski definition) is 5. The number of nitrogens with zero attached hydrogens (tertiary/aromatic N) is 4. The van der Waals surface area contributed by atoms with E-state index in [2.05, 4.69) is 19.7 Å². The Morgan fingerprint density at radius 1 is 1.30 bits per heavy atom. The van der Waals surface area contributed by atoms with Gasteiger partial charge >= 0.3 is 0 Å². The lowest BCUT2D eigenvalue weighted by atomic mass is 10.2. The molecule has 0 atom stereocenters. The summed E-state index contributed by atoms with van der Waals surface area (Å²) in [6.07, 6.45) is 8.68. The van der Waals surface area contributed by atoms with E-state index in [1.54, 1.807) is 10.7 Å². The Morgan fingerprint density at radius 2 is 2.04 bits per heavy atom. The summed E-state index contributed by atoms with van der Waals surface area (Å²) in [5.41, 5.74) is 3.22. The summed E-state index contributed by atoms with van der Waals surface area (Å²) < 4.78 is 27.4. The Hall–Kier alpha value is -1.83. The summed E-state index contributed by atoms with van der Waals surface area (Å²) in [5.74, 6) is 1.10. The molecule has 0 aromatic carbocycles. The number of hydrogen-bond donors (Lipinski definition) is 1. The first-order valence-corrected chi connectivity index (χ1v) is 9.95. The highest BCUT2D eigenvalue weighted by atomic mass is 32.2. The fourth-order valence-electron chi connectivity index (χ4n) is 3.89. The molecule has 0 spiro atoms. The molecule has 1 aliphatic carbocycles. The summed E-state index contributed by atoms with van der Waals surface area (Å²) >= 11 is 0. The highest BCUT2D eigenvalue weighted by Crippen LogP contribution is 2.37. The van der Waals surface area contributed by atoms with Crippen molar-refractivity contribution in [2.45, 2.75) is 45.1 Å². The number of sulfonamides is 1. The van der Waals surface area contributed by atoms with Gasteiger partial charge in [0.15, 0.2) is 5.65 Å². The van der Waals surface area contributed by atoms with Gasteiger partial charge in [-0.25, -0.2) is 13.4 Å². The molecule has 2 aromatic rings. The van der Waals surface area contributed by atoms with Gasteiger partial charge < -0.3 is 4.90 Å². The van der Waals surface area contributed by atoms with Gasteiger partial charge in [0.25, 0.3) is 0 Å². The minimum absolute atomic E-state index is 0.441. The van der Waals surface area contributed by atoms with Gasteiger partial charge in [-0.1, -0.05) is 12.8 Å². The fourth-order valence-corrected chi connectivity index (χ4v) is 4.43. The van der Waals surface area contributed by atoms with Crippen LogP contribution < -0.4 is 9.62 Å². The van der Waals surface area contributed by atoms with Crippen molar-refractivity contribution in [1.82, 2.24) is 14.6 Å². The van der Waals surface area contributed by atoms with Crippen LogP contribution in [-0.2, 0) is 16.4 Å². The smallest absolute Gasteiger partial charge is 0.229 e. The van der Waals surface area contributed by atoms with Crippen LogP contribution in [-0.4, -0.2) is 41.9 Å². The summed E-state index contributed by atoms with van der Waals surface area (Å²) in [4.78, 5) is 7.04. The van der Waals surface area contributed by atoms with E-state index in [0.717, 1.165) is 30.7 Å². The molecule has 4 rings (SSSR count). The molecule has 0 unspecified atom stereocenters. The van der Waals surface area contributed by atoms with Gasteiger partial charge in [-0.2, -0.15) is 9.61 Å². The van der Waals surface area contributed by atoms with Crippen LogP contribution in [0.4, 0.5) is 11.5 Å². The normalized spacial score (nSPS) is 18.8. The van der Waals surface area contributed by atoms with Crippen molar-refractivity contribution in [3.8, 4) is 0 Å². The molecule has 7 nitrogen and oxygen atoms in total. The Bertz CT molecular complexity index is 868. The third kappa shape index (κ3) is 2.45. The maximum Gasteiger partial charge on any atom is 0.229 e. The molecule has 0 radical (unpaired) electrons. The van der Waals surface area contributed by atoms with Crippen molar-refractivity contribution in [3.63, 3.8) is 0 Å². The summed E-state index contributed by atoms with van der Waals surface area (Å²) in [7, 11) is -3.35. The van der Waals surface area contributed by atoms with Crippen LogP contribution in [0.1, 0.15) is 36.9 Å². The predicted octanol–water partition coefficient (Wildman–Crippen LogP) is 1.71. The summed E-state index contributed by atoms with van der Waals surface area (Å²) in [6, 6.07) is 0.566. The number of anilines is 2. The van der Waals surface area contributed by atoms with Gasteiger partial charge in [-0.05, 0) is 26.2 Å². The lowest BCUT2D eigenvalue weighted by Crippen LogP contribution is -2.32. The third-order valence-electron chi connectivity index (χ3n) is 4.86. The third-order valence-corrected chi connectivity index (χ3v) is 5.45. The van der Waals surface area contributed by atoms with Crippen LogP contribution in [0.3, 0.4) is 0 Å². The van der Waals surface area contributed by atoms with Crippen LogP contribution in [0.25, 0.3) is 5.65 Å². The molecule has 0 saturated heterocycles. The molecule has 1 aliphatic heterocycles. The van der Waals surface area contributed by atoms with Crippen molar-refractivity contribution in [2.75, 3.05) is 22.4 Å². The molecule has 1 saturated carbocycles. The molecular weight excluding hydrogens is 314 g/mol. The molecule has 23 heavy (non-hydrogen) atoms. The Kier molecular flexibility index (Phi) is 3.26. The van der Waals surface area contributed by atoms with Crippen LogP contribution >= 0.6 is 0 Å². The van der Waals surface area contributed by atoms with Gasteiger partial charge in [0, 0.05) is 23.8 Å². The first-order chi connectivity index (χ1) is 10.9. The average Bonchev–Trinajstić information content (AvgIpc) is 3.15. The van der Waals surface area contributed by atoms with Gasteiger partial charge in [-0.3, -0.25) is 4.72 Å². The van der Waals surface area contributed by atoms with Crippen LogP contribution in [0.15, 0.2) is 6.20 Å². The Labute approximate surface area is 135 Å². The number of fused-ring (bicyclic) bond motifs is 3. The standard InChI is InChI=1S/C15H21N5O2S/c1-10-12-7-8-19(11-5-3-4-6-11)15(12)20-14(17-10)13(9-16-20)18-23(2,21)22/h9,11,18H,3-8H2,1-2H3. The van der Waals surface area contributed by atoms with Crippen molar-refractivity contribution in [2.24, 2.45) is 0 Å². The fraction of sp³-hybridized carbons (Fsp3) is 0.600. The minimum Gasteiger partial charge on any atom is -0.353 e. The van der Waals surface area contributed by atoms with Gasteiger partial charge in [0.1, 0.15) is 11.5 Å². The number of aryl methyl sites for hydroxylation is 1. The highest BCUT2D eigenvalue weighted by Gasteiger charge is 2.32. The number of aromatic nitrogens is 3. The van der Waals surface area contributed by atoms with Crippen molar-refractivity contribution >= 4 is 27.2 Å². The quantitative estimate of drug-likeness (QED) is 0.924. The second-order valence-corrected chi connectivity index (χ2v) is 8.30. The number of nitrogens with one attached hydrogen (secondary N) is 1. The first kappa shape index (κ1) is 14.7. The van der Waals surface area contributed by atoms with Crippen LogP contribution in [0.2, 0.25) is 0 Å². The molecule has 0 amide bonds. The largest absolute Gasteiger partial charge is 0.353 e. The molecule has 124 valence electrons.